The molecule has 0 aliphatic carbocycles. The van der Waals surface area contributed by atoms with E-state index in [4.69, 9.17) is 77.0 Å². The second-order valence-corrected chi connectivity index (χ2v) is 5.37. The van der Waals surface area contributed by atoms with Gasteiger partial charge in [0.25, 0.3) is 0 Å². The third kappa shape index (κ3) is 2520. The fraction of sp³-hybridized carbons (Fsp3) is 0. The Balaban J connectivity index is -0.0000000129. The molecule has 0 fully saturated rings. The summed E-state index contributed by atoms with van der Waals surface area (Å²) in [6.45, 7) is 0. The third-order valence-corrected chi connectivity index (χ3v) is 0. The second-order valence-electron chi connectivity index (χ2n) is 1.79. The van der Waals surface area contributed by atoms with Gasteiger partial charge in [-0.05, 0) is 0 Å². The fourth-order valence-corrected chi connectivity index (χ4v) is 0. The third-order valence-electron chi connectivity index (χ3n) is 0. The molecule has 0 atom stereocenters. The standard InChI is InChI=1S/Mo.4H3O4P.3H2O.3Zn/c;4*1-5(2,3)4;;;;;;/h;4*(H3,1,2,3,4);3*1H2;;;/q+6;;;;;;;;3*+2/p-12. The molecule has 0 aliphatic rings. The normalized spacial score (nSPS) is 8.74. The van der Waals surface area contributed by atoms with Gasteiger partial charge in [0.05, 0.1) is 0 Å². The van der Waals surface area contributed by atoms with Gasteiger partial charge in [-0.2, -0.15) is 31.3 Å². The van der Waals surface area contributed by atoms with Crippen LogP contribution in [0.1, 0.15) is 0 Å². The topological polar surface area (TPSA) is 440 Å². The Morgan fingerprint density at radius 1 is 0.333 bits per heavy atom. The molecular weight excluding hydrogens is 720 g/mol. The van der Waals surface area contributed by atoms with Gasteiger partial charge in [0, 0.05) is 0 Å². The van der Waals surface area contributed by atoms with Crippen molar-refractivity contribution in [3.05, 3.63) is 0 Å². The predicted molar refractivity (Wildman–Crippen MR) is 41.3 cm³/mol. The van der Waals surface area contributed by atoms with Gasteiger partial charge < -0.3 is 93.4 Å². The fourth-order valence-electron chi connectivity index (χ4n) is 0. The summed E-state index contributed by atoms with van der Waals surface area (Å²) in [5.74, 6) is 0. The van der Waals surface area contributed by atoms with Crippen LogP contribution in [0.25, 0.3) is 0 Å². The number of phosphoric acid groups is 4. The Morgan fingerprint density at radius 2 is 0.333 bits per heavy atom. The van der Waals surface area contributed by atoms with Crippen molar-refractivity contribution >= 4 is 31.3 Å². The zero-order chi connectivity index (χ0) is 18.0. The maximum atomic E-state index is 8.55. The smallest absolute Gasteiger partial charge is 0.822 e. The summed E-state index contributed by atoms with van der Waals surface area (Å²) < 4.78 is 34.2. The van der Waals surface area contributed by atoms with Crippen LogP contribution < -0.4 is 58.7 Å². The van der Waals surface area contributed by atoms with Crippen molar-refractivity contribution in [3.8, 4) is 0 Å². The molecule has 0 aliphatic heterocycles. The van der Waals surface area contributed by atoms with Crippen molar-refractivity contribution in [2.75, 3.05) is 0 Å². The Kier molecular flexibility index (Phi) is 80.4. The molecule has 0 radical (unpaired) electrons. The van der Waals surface area contributed by atoms with Crippen molar-refractivity contribution in [3.63, 3.8) is 0 Å². The van der Waals surface area contributed by atoms with Crippen LogP contribution >= 0.6 is 31.3 Å². The van der Waals surface area contributed by atoms with Crippen LogP contribution in [0.5, 0.6) is 0 Å². The molecule has 0 aromatic carbocycles. The van der Waals surface area contributed by atoms with Gasteiger partial charge in [0.15, 0.2) is 0 Å². The molecule has 27 heteroatoms. The van der Waals surface area contributed by atoms with E-state index in [1.165, 1.54) is 0 Å². The molecule has 0 unspecified atom stereocenters. The summed E-state index contributed by atoms with van der Waals surface area (Å²) in [6, 6.07) is 0. The van der Waals surface area contributed by atoms with Crippen LogP contribution in [0.15, 0.2) is 0 Å². The van der Waals surface area contributed by atoms with Gasteiger partial charge in [0.1, 0.15) is 0 Å². The van der Waals surface area contributed by atoms with Crippen molar-refractivity contribution in [1.29, 1.82) is 0 Å². The van der Waals surface area contributed by atoms with Crippen LogP contribution in [-0.2, 0) is 97.8 Å². The van der Waals surface area contributed by atoms with E-state index < -0.39 is 31.3 Å². The maximum Gasteiger partial charge on any atom is 6.00 e. The monoisotopic (exact) mass is 724 g/mol. The van der Waals surface area contributed by atoms with Crippen LogP contribution in [-0.4, -0.2) is 16.4 Å². The van der Waals surface area contributed by atoms with E-state index in [-0.39, 0.29) is 95.9 Å². The van der Waals surface area contributed by atoms with Crippen LogP contribution in [0.3, 0.4) is 0 Å². The molecule has 0 aromatic heterocycles. The van der Waals surface area contributed by atoms with Gasteiger partial charge in [-0.1, -0.05) is 0 Å². The van der Waals surface area contributed by atoms with E-state index >= 15 is 0 Å². The minimum atomic E-state index is -5.39. The summed E-state index contributed by atoms with van der Waals surface area (Å²) in [7, 11) is -21.6. The van der Waals surface area contributed by atoms with Crippen LogP contribution in [0.4, 0.5) is 0 Å². The molecule has 27 heavy (non-hydrogen) atoms. The summed E-state index contributed by atoms with van der Waals surface area (Å²) in [5, 5.41) is 0. The average molecular weight is 726 g/mol. The summed E-state index contributed by atoms with van der Waals surface area (Å²) in [5.41, 5.74) is 0. The molecule has 0 aromatic rings. The first-order valence-corrected chi connectivity index (χ1v) is 8.76. The quantitative estimate of drug-likeness (QED) is 0.165. The molecule has 0 rings (SSSR count). The molecule has 0 bridgehead atoms. The SMILES string of the molecule is O.O.O.O=P([O-])([O-])[O-].O=P([O-])([O-])[O-].O=P([O-])([O-])[O-].O=P([O-])([O-])[O-].[Mo+6].[Zn+2].[Zn+2].[Zn+2]. The molecule has 0 amide bonds. The molecule has 0 spiro atoms. The molecular formula is H6MoO19P4Zn3. The average Bonchev–Trinajstić information content (AvgIpc) is 1.62. The maximum absolute atomic E-state index is 8.55. The van der Waals surface area contributed by atoms with Gasteiger partial charge in [0.2, 0.25) is 0 Å². The van der Waals surface area contributed by atoms with Crippen molar-refractivity contribution < 1.29 is 173 Å². The minimum Gasteiger partial charge on any atom is -0.822 e. The number of hydrogen-bond donors (Lipinski definition) is 0. The molecule has 6 N–H and O–H groups in total. The van der Waals surface area contributed by atoms with Gasteiger partial charge >= 0.3 is 79.5 Å². The second kappa shape index (κ2) is 31.1. The Labute approximate surface area is 203 Å². The van der Waals surface area contributed by atoms with Crippen molar-refractivity contribution in [2.45, 2.75) is 0 Å². The Hall–Kier alpha value is 2.88. The summed E-state index contributed by atoms with van der Waals surface area (Å²) in [6.07, 6.45) is 0. The molecule has 19 nitrogen and oxygen atoms in total. The molecule has 0 saturated carbocycles. The first-order chi connectivity index (χ1) is 8.00. The zero-order valence-electron chi connectivity index (χ0n) is 12.4. The molecule has 0 heterocycles. The van der Waals surface area contributed by atoms with Crippen LogP contribution in [0, 0.1) is 0 Å². The predicted octanol–water partition coefficient (Wildman–Crippen LogP) is -13.8. The van der Waals surface area contributed by atoms with Gasteiger partial charge in [-0.3, -0.25) is 0 Å². The van der Waals surface area contributed by atoms with Crippen LogP contribution in [0.2, 0.25) is 0 Å². The Bertz CT molecular complexity index is 300. The number of hydrogen-bond acceptors (Lipinski definition) is 16. The first kappa shape index (κ1) is 69.9. The van der Waals surface area contributed by atoms with E-state index in [0.29, 0.717) is 0 Å². The van der Waals surface area contributed by atoms with Gasteiger partial charge in [-0.25, -0.2) is 0 Å². The first-order valence-electron chi connectivity index (χ1n) is 2.92. The van der Waals surface area contributed by atoms with Gasteiger partial charge in [-0.15, -0.1) is 0 Å². The summed E-state index contributed by atoms with van der Waals surface area (Å²) in [4.78, 5) is 103. The van der Waals surface area contributed by atoms with E-state index in [1.807, 2.05) is 0 Å². The number of rotatable bonds is 0. The molecule has 0 saturated heterocycles. The zero-order valence-corrected chi connectivity index (χ0v) is 26.8. The molecule has 152 valence electrons. The van der Waals surface area contributed by atoms with E-state index in [2.05, 4.69) is 0 Å². The van der Waals surface area contributed by atoms with Crippen molar-refractivity contribution in [1.82, 2.24) is 0 Å². The minimum absolute atomic E-state index is 0. The summed E-state index contributed by atoms with van der Waals surface area (Å²) >= 11 is 0. The van der Waals surface area contributed by atoms with E-state index in [1.54, 1.807) is 0 Å². The van der Waals surface area contributed by atoms with E-state index in [9.17, 15) is 0 Å². The largest absolute Gasteiger partial charge is 6.00 e. The van der Waals surface area contributed by atoms with E-state index in [0.717, 1.165) is 0 Å². The Morgan fingerprint density at radius 3 is 0.333 bits per heavy atom. The van der Waals surface area contributed by atoms with Crippen molar-refractivity contribution in [2.24, 2.45) is 0 Å².